The fourth-order valence-corrected chi connectivity index (χ4v) is 0.412. The van der Waals surface area contributed by atoms with Gasteiger partial charge < -0.3 is 4.74 Å². The summed E-state index contributed by atoms with van der Waals surface area (Å²) in [6, 6.07) is 0. The van der Waals surface area contributed by atoms with Crippen LogP contribution in [0.1, 0.15) is 0 Å². The Labute approximate surface area is 82.3 Å². The zero-order valence-corrected chi connectivity index (χ0v) is 7.71. The van der Waals surface area contributed by atoms with Gasteiger partial charge in [0.2, 0.25) is 4.33 Å². The van der Waals surface area contributed by atoms with Gasteiger partial charge in [-0.1, -0.05) is 29.8 Å². The molecule has 0 spiro atoms. The van der Waals surface area contributed by atoms with E-state index < -0.39 is 23.1 Å². The molecule has 0 fully saturated rings. The Bertz CT molecular complexity index is 212. The molecular weight excluding hydrogens is 232 g/mol. The molecule has 0 N–H and O–H groups in total. The van der Waals surface area contributed by atoms with E-state index in [9.17, 15) is 18.0 Å². The summed E-state index contributed by atoms with van der Waals surface area (Å²) in [6.07, 6.45) is -4.14. The molecule has 0 aliphatic carbocycles. The lowest BCUT2D eigenvalue weighted by molar-refractivity contribution is -0.160. The van der Waals surface area contributed by atoms with Crippen molar-refractivity contribution in [2.24, 2.45) is 0 Å². The Kier molecular flexibility index (Phi) is 4.06. The number of hydrogen-bond acceptors (Lipinski definition) is 2. The van der Waals surface area contributed by atoms with Crippen molar-refractivity contribution in [2.75, 3.05) is 6.61 Å². The van der Waals surface area contributed by atoms with Gasteiger partial charge in [-0.2, -0.15) is 13.2 Å². The van der Waals surface area contributed by atoms with E-state index in [2.05, 4.69) is 11.3 Å². The number of esters is 1. The number of halogens is 5. The van der Waals surface area contributed by atoms with Gasteiger partial charge in [-0.25, -0.2) is 4.79 Å². The van der Waals surface area contributed by atoms with Crippen molar-refractivity contribution in [2.45, 2.75) is 10.5 Å². The second-order valence-electron chi connectivity index (χ2n) is 2.01. The molecule has 13 heavy (non-hydrogen) atoms. The molecule has 0 bridgehead atoms. The van der Waals surface area contributed by atoms with Crippen molar-refractivity contribution >= 4 is 29.2 Å². The van der Waals surface area contributed by atoms with Crippen LogP contribution < -0.4 is 0 Å². The summed E-state index contributed by atoms with van der Waals surface area (Å²) in [7, 11) is 0. The van der Waals surface area contributed by atoms with Crippen molar-refractivity contribution < 1.29 is 22.7 Å². The summed E-state index contributed by atoms with van der Waals surface area (Å²) < 4.78 is 36.7. The molecule has 0 saturated heterocycles. The van der Waals surface area contributed by atoms with Gasteiger partial charge >= 0.3 is 12.1 Å². The minimum absolute atomic E-state index is 0.709. The van der Waals surface area contributed by atoms with E-state index in [4.69, 9.17) is 23.2 Å². The summed E-state index contributed by atoms with van der Waals surface area (Å²) in [6.45, 7) is 1.82. The van der Waals surface area contributed by atoms with Gasteiger partial charge in [-0.15, -0.1) is 0 Å². The summed E-state index contributed by atoms with van der Waals surface area (Å²) in [5.74, 6) is -1.02. The van der Waals surface area contributed by atoms with Gasteiger partial charge in [-0.05, 0) is 0 Å². The fraction of sp³-hybridized carbons (Fsp3) is 0.500. The second-order valence-corrected chi connectivity index (χ2v) is 3.50. The number of rotatable bonds is 3. The quantitative estimate of drug-likeness (QED) is 0.428. The number of ether oxygens (including phenoxy) is 1. The highest BCUT2D eigenvalue weighted by molar-refractivity contribution is 6.49. The zero-order valence-electron chi connectivity index (χ0n) is 6.20. The molecule has 0 radical (unpaired) electrons. The Morgan fingerprint density at radius 1 is 1.46 bits per heavy atom. The molecule has 0 unspecified atom stereocenters. The Balaban J connectivity index is 4.19. The van der Waals surface area contributed by atoms with Crippen LogP contribution in [0.4, 0.5) is 13.2 Å². The SMILES string of the molecule is C=CC(=O)OCC(Cl)(Cl)C(F)(F)F. The van der Waals surface area contributed by atoms with E-state index in [1.165, 1.54) is 0 Å². The minimum Gasteiger partial charge on any atom is -0.459 e. The van der Waals surface area contributed by atoms with Gasteiger partial charge in [-0.3, -0.25) is 0 Å². The van der Waals surface area contributed by atoms with Gasteiger partial charge in [0.1, 0.15) is 6.61 Å². The average Bonchev–Trinajstić information content (AvgIpc) is 1.98. The van der Waals surface area contributed by atoms with Crippen LogP contribution in [-0.2, 0) is 9.53 Å². The Morgan fingerprint density at radius 2 is 1.92 bits per heavy atom. The normalized spacial score (nSPS) is 12.4. The van der Waals surface area contributed by atoms with Crippen molar-refractivity contribution in [3.63, 3.8) is 0 Å². The number of carbonyl (C=O) groups is 1. The standard InChI is InChI=1S/C6H5Cl2F3O2/c1-2-4(12)13-3-5(7,8)6(9,10)11/h2H,1,3H2. The summed E-state index contributed by atoms with van der Waals surface area (Å²) >= 11 is 9.68. The molecular formula is C6H5Cl2F3O2. The molecule has 0 amide bonds. The highest BCUT2D eigenvalue weighted by Crippen LogP contribution is 2.39. The molecule has 0 rings (SSSR count). The summed E-state index contributed by atoms with van der Waals surface area (Å²) in [4.78, 5) is 10.4. The van der Waals surface area contributed by atoms with Gasteiger partial charge in [0.05, 0.1) is 0 Å². The van der Waals surface area contributed by atoms with Crippen molar-refractivity contribution in [3.8, 4) is 0 Å². The molecule has 0 aromatic rings. The third kappa shape index (κ3) is 3.87. The molecule has 0 saturated carbocycles. The maximum absolute atomic E-state index is 11.9. The van der Waals surface area contributed by atoms with E-state index in [1.807, 2.05) is 0 Å². The smallest absolute Gasteiger partial charge is 0.424 e. The molecule has 0 aliphatic rings. The van der Waals surface area contributed by atoms with Crippen LogP contribution in [0.3, 0.4) is 0 Å². The van der Waals surface area contributed by atoms with Crippen LogP contribution in [0.25, 0.3) is 0 Å². The largest absolute Gasteiger partial charge is 0.459 e. The Hall–Kier alpha value is -0.420. The third-order valence-corrected chi connectivity index (χ3v) is 1.62. The molecule has 0 aromatic carbocycles. The molecule has 0 heterocycles. The molecule has 2 nitrogen and oxygen atoms in total. The van der Waals surface area contributed by atoms with E-state index in [0.29, 0.717) is 6.08 Å². The maximum atomic E-state index is 11.9. The molecule has 7 heteroatoms. The lowest BCUT2D eigenvalue weighted by atomic mass is 10.4. The third-order valence-electron chi connectivity index (χ3n) is 0.977. The van der Waals surface area contributed by atoms with E-state index in [1.54, 1.807) is 0 Å². The van der Waals surface area contributed by atoms with Gasteiger partial charge in [0.25, 0.3) is 0 Å². The van der Waals surface area contributed by atoms with Crippen LogP contribution in [0.15, 0.2) is 12.7 Å². The second kappa shape index (κ2) is 4.19. The van der Waals surface area contributed by atoms with Crippen LogP contribution in [0, 0.1) is 0 Å². The fourth-order valence-electron chi connectivity index (χ4n) is 0.303. The van der Waals surface area contributed by atoms with Crippen molar-refractivity contribution in [3.05, 3.63) is 12.7 Å². The van der Waals surface area contributed by atoms with Gasteiger partial charge in [0, 0.05) is 6.08 Å². The van der Waals surface area contributed by atoms with Crippen LogP contribution in [-0.4, -0.2) is 23.1 Å². The van der Waals surface area contributed by atoms with Crippen molar-refractivity contribution in [1.29, 1.82) is 0 Å². The zero-order chi connectivity index (χ0) is 10.7. The van der Waals surface area contributed by atoms with E-state index in [0.717, 1.165) is 0 Å². The summed E-state index contributed by atoms with van der Waals surface area (Å²) in [5, 5.41) is 0. The number of hydrogen-bond donors (Lipinski definition) is 0. The lowest BCUT2D eigenvalue weighted by Crippen LogP contribution is -2.39. The average molecular weight is 237 g/mol. The van der Waals surface area contributed by atoms with Crippen LogP contribution >= 0.6 is 23.2 Å². The minimum atomic E-state index is -4.85. The van der Waals surface area contributed by atoms with E-state index in [-0.39, 0.29) is 0 Å². The first-order chi connectivity index (χ1) is 5.70. The maximum Gasteiger partial charge on any atom is 0.424 e. The predicted molar refractivity (Wildman–Crippen MR) is 41.6 cm³/mol. The highest BCUT2D eigenvalue weighted by atomic mass is 35.5. The monoisotopic (exact) mass is 236 g/mol. The lowest BCUT2D eigenvalue weighted by Gasteiger charge is -2.21. The van der Waals surface area contributed by atoms with Crippen LogP contribution in [0.2, 0.25) is 0 Å². The Morgan fingerprint density at radius 3 is 2.23 bits per heavy atom. The molecule has 0 atom stereocenters. The van der Waals surface area contributed by atoms with E-state index >= 15 is 0 Å². The topological polar surface area (TPSA) is 26.3 Å². The first kappa shape index (κ1) is 12.6. The van der Waals surface area contributed by atoms with Crippen LogP contribution in [0.5, 0.6) is 0 Å². The molecule has 76 valence electrons. The highest BCUT2D eigenvalue weighted by Gasteiger charge is 2.53. The van der Waals surface area contributed by atoms with Gasteiger partial charge in [0.15, 0.2) is 0 Å². The predicted octanol–water partition coefficient (Wildman–Crippen LogP) is 2.45. The molecule has 0 aliphatic heterocycles. The summed E-state index contributed by atoms with van der Waals surface area (Å²) in [5.41, 5.74) is 0. The van der Waals surface area contributed by atoms with Crippen molar-refractivity contribution in [1.82, 2.24) is 0 Å². The first-order valence-corrected chi connectivity index (χ1v) is 3.70. The first-order valence-electron chi connectivity index (χ1n) is 2.94. The molecule has 0 aromatic heterocycles. The number of alkyl halides is 5. The number of carbonyl (C=O) groups excluding carboxylic acids is 1.